The normalized spacial score (nSPS) is 11.2. The van der Waals surface area contributed by atoms with Crippen LogP contribution < -0.4 is 4.74 Å². The minimum absolute atomic E-state index is 0.329. The SMILES string of the molecule is COc1ccc2cc(C=Nc3cccc(F)c3)c(Cl)nc2c1. The molecule has 0 N–H and O–H groups in total. The van der Waals surface area contributed by atoms with Crippen LogP contribution in [-0.2, 0) is 0 Å². The number of hydrogen-bond donors (Lipinski definition) is 0. The zero-order valence-electron chi connectivity index (χ0n) is 11.8. The predicted molar refractivity (Wildman–Crippen MR) is 87.0 cm³/mol. The molecule has 0 amide bonds. The van der Waals surface area contributed by atoms with Crippen molar-refractivity contribution in [3.63, 3.8) is 0 Å². The summed E-state index contributed by atoms with van der Waals surface area (Å²) in [5, 5.41) is 1.26. The molecule has 3 rings (SSSR count). The first kappa shape index (κ1) is 14.5. The Morgan fingerprint density at radius 1 is 1.18 bits per heavy atom. The van der Waals surface area contributed by atoms with Crippen LogP contribution in [0, 0.1) is 5.82 Å². The molecule has 0 aliphatic heterocycles. The van der Waals surface area contributed by atoms with Gasteiger partial charge < -0.3 is 4.74 Å². The molecule has 0 bridgehead atoms. The molecule has 1 heterocycles. The third-order valence-corrected chi connectivity index (χ3v) is 3.47. The molecule has 0 fully saturated rings. The first-order chi connectivity index (χ1) is 10.7. The van der Waals surface area contributed by atoms with Gasteiger partial charge in [-0.2, -0.15) is 0 Å². The lowest BCUT2D eigenvalue weighted by Gasteiger charge is -2.04. The van der Waals surface area contributed by atoms with Gasteiger partial charge in [0.25, 0.3) is 0 Å². The summed E-state index contributed by atoms with van der Waals surface area (Å²) in [7, 11) is 1.60. The predicted octanol–water partition coefficient (Wildman–Crippen LogP) is 4.79. The molecule has 0 aliphatic carbocycles. The molecule has 0 atom stereocenters. The zero-order chi connectivity index (χ0) is 15.5. The highest BCUT2D eigenvalue weighted by molar-refractivity contribution is 6.32. The van der Waals surface area contributed by atoms with Crippen molar-refractivity contribution >= 4 is 34.4 Å². The molecule has 22 heavy (non-hydrogen) atoms. The summed E-state index contributed by atoms with van der Waals surface area (Å²) >= 11 is 6.18. The molecule has 5 heteroatoms. The maximum atomic E-state index is 13.1. The first-order valence-electron chi connectivity index (χ1n) is 6.59. The van der Waals surface area contributed by atoms with Crippen LogP contribution in [0.5, 0.6) is 5.75 Å². The molecular weight excluding hydrogens is 303 g/mol. The summed E-state index contributed by atoms with van der Waals surface area (Å²) in [5.74, 6) is 0.390. The van der Waals surface area contributed by atoms with Gasteiger partial charge >= 0.3 is 0 Å². The number of aromatic nitrogens is 1. The van der Waals surface area contributed by atoms with E-state index in [-0.39, 0.29) is 5.82 Å². The number of benzene rings is 2. The lowest BCUT2D eigenvalue weighted by molar-refractivity contribution is 0.415. The van der Waals surface area contributed by atoms with E-state index in [9.17, 15) is 4.39 Å². The topological polar surface area (TPSA) is 34.5 Å². The quantitative estimate of drug-likeness (QED) is 0.514. The molecule has 0 spiro atoms. The van der Waals surface area contributed by atoms with Crippen molar-refractivity contribution in [2.24, 2.45) is 4.99 Å². The van der Waals surface area contributed by atoms with Crippen molar-refractivity contribution in [2.45, 2.75) is 0 Å². The number of halogens is 2. The van der Waals surface area contributed by atoms with Crippen molar-refractivity contribution in [3.05, 3.63) is 65.1 Å². The average Bonchev–Trinajstić information content (AvgIpc) is 2.52. The fraction of sp³-hybridized carbons (Fsp3) is 0.0588. The van der Waals surface area contributed by atoms with Crippen LogP contribution in [0.3, 0.4) is 0 Å². The molecule has 0 saturated carbocycles. The second-order valence-electron chi connectivity index (χ2n) is 4.67. The molecular formula is C17H12ClFN2O. The van der Waals surface area contributed by atoms with Gasteiger partial charge in [-0.25, -0.2) is 9.37 Å². The van der Waals surface area contributed by atoms with Gasteiger partial charge in [0.2, 0.25) is 0 Å². The number of pyridine rings is 1. The molecule has 0 aliphatic rings. The Kier molecular flexibility index (Phi) is 4.02. The maximum absolute atomic E-state index is 13.1. The molecule has 110 valence electrons. The smallest absolute Gasteiger partial charge is 0.138 e. The van der Waals surface area contributed by atoms with Gasteiger partial charge in [0, 0.05) is 23.2 Å². The van der Waals surface area contributed by atoms with E-state index in [2.05, 4.69) is 9.98 Å². The van der Waals surface area contributed by atoms with E-state index in [1.54, 1.807) is 25.5 Å². The third kappa shape index (κ3) is 3.07. The summed E-state index contributed by atoms with van der Waals surface area (Å²) in [6, 6.07) is 13.5. The summed E-state index contributed by atoms with van der Waals surface area (Å²) in [6.45, 7) is 0. The van der Waals surface area contributed by atoms with Gasteiger partial charge in [-0.1, -0.05) is 17.7 Å². The molecule has 2 aromatic carbocycles. The summed E-state index contributed by atoms with van der Waals surface area (Å²) in [6.07, 6.45) is 1.58. The fourth-order valence-electron chi connectivity index (χ4n) is 2.06. The Balaban J connectivity index is 1.98. The van der Waals surface area contributed by atoms with Crippen molar-refractivity contribution in [3.8, 4) is 5.75 Å². The number of hydrogen-bond acceptors (Lipinski definition) is 3. The molecule has 3 nitrogen and oxygen atoms in total. The van der Waals surface area contributed by atoms with Gasteiger partial charge in [0.1, 0.15) is 16.7 Å². The van der Waals surface area contributed by atoms with Gasteiger partial charge in [0.15, 0.2) is 0 Å². The minimum atomic E-state index is -0.329. The van der Waals surface area contributed by atoms with Gasteiger partial charge in [-0.15, -0.1) is 0 Å². The van der Waals surface area contributed by atoms with Crippen molar-refractivity contribution in [1.82, 2.24) is 4.98 Å². The molecule has 0 unspecified atom stereocenters. The molecule has 0 radical (unpaired) electrons. The second-order valence-corrected chi connectivity index (χ2v) is 5.02. The first-order valence-corrected chi connectivity index (χ1v) is 6.97. The van der Waals surface area contributed by atoms with E-state index in [4.69, 9.17) is 16.3 Å². The van der Waals surface area contributed by atoms with Crippen LogP contribution in [0.1, 0.15) is 5.56 Å². The highest BCUT2D eigenvalue weighted by atomic mass is 35.5. The third-order valence-electron chi connectivity index (χ3n) is 3.17. The Morgan fingerprint density at radius 2 is 2.05 bits per heavy atom. The minimum Gasteiger partial charge on any atom is -0.497 e. The Labute approximate surface area is 132 Å². The number of aliphatic imine (C=N–C) groups is 1. The number of fused-ring (bicyclic) bond motifs is 1. The lowest BCUT2D eigenvalue weighted by Crippen LogP contribution is -1.90. The maximum Gasteiger partial charge on any atom is 0.138 e. The van der Waals surface area contributed by atoms with Gasteiger partial charge in [-0.3, -0.25) is 4.99 Å². The van der Waals surface area contributed by atoms with E-state index in [0.717, 1.165) is 16.7 Å². The second kappa shape index (κ2) is 6.12. The molecule has 1 aromatic heterocycles. The van der Waals surface area contributed by atoms with E-state index in [1.165, 1.54) is 12.1 Å². The zero-order valence-corrected chi connectivity index (χ0v) is 12.5. The van der Waals surface area contributed by atoms with Crippen LogP contribution in [-0.4, -0.2) is 18.3 Å². The number of ether oxygens (including phenoxy) is 1. The number of nitrogens with zero attached hydrogens (tertiary/aromatic N) is 2. The largest absolute Gasteiger partial charge is 0.497 e. The Hall–Kier alpha value is -2.46. The molecule has 3 aromatic rings. The van der Waals surface area contributed by atoms with Crippen molar-refractivity contribution in [1.29, 1.82) is 0 Å². The highest BCUT2D eigenvalue weighted by Crippen LogP contribution is 2.24. The summed E-state index contributed by atoms with van der Waals surface area (Å²) in [4.78, 5) is 8.56. The van der Waals surface area contributed by atoms with E-state index < -0.39 is 0 Å². The van der Waals surface area contributed by atoms with E-state index >= 15 is 0 Å². The monoisotopic (exact) mass is 314 g/mol. The summed E-state index contributed by atoms with van der Waals surface area (Å²) < 4.78 is 18.3. The highest BCUT2D eigenvalue weighted by Gasteiger charge is 2.04. The van der Waals surface area contributed by atoms with Gasteiger partial charge in [0.05, 0.1) is 18.3 Å². The average molecular weight is 315 g/mol. The van der Waals surface area contributed by atoms with Crippen LogP contribution in [0.2, 0.25) is 5.15 Å². The summed E-state index contributed by atoms with van der Waals surface area (Å²) in [5.41, 5.74) is 1.93. The number of methoxy groups -OCH3 is 1. The fourth-order valence-corrected chi connectivity index (χ4v) is 2.25. The standard InChI is InChI=1S/C17H12ClFN2O/c1-22-15-6-5-11-7-12(17(18)21-16(11)9-15)10-20-14-4-2-3-13(19)8-14/h2-10H,1H3. The molecule has 0 saturated heterocycles. The Morgan fingerprint density at radius 3 is 2.82 bits per heavy atom. The van der Waals surface area contributed by atoms with Crippen molar-refractivity contribution < 1.29 is 9.13 Å². The van der Waals surface area contributed by atoms with Gasteiger partial charge in [-0.05, 0) is 36.4 Å². The van der Waals surface area contributed by atoms with Crippen LogP contribution >= 0.6 is 11.6 Å². The van der Waals surface area contributed by atoms with Crippen molar-refractivity contribution in [2.75, 3.05) is 7.11 Å². The van der Waals surface area contributed by atoms with Crippen LogP contribution in [0.15, 0.2) is 53.5 Å². The lowest BCUT2D eigenvalue weighted by atomic mass is 10.1. The van der Waals surface area contributed by atoms with E-state index in [0.29, 0.717) is 16.4 Å². The Bertz CT molecular complexity index is 864. The number of rotatable bonds is 3. The van der Waals surface area contributed by atoms with Crippen LogP contribution in [0.25, 0.3) is 10.9 Å². The van der Waals surface area contributed by atoms with E-state index in [1.807, 2.05) is 24.3 Å². The van der Waals surface area contributed by atoms with Crippen LogP contribution in [0.4, 0.5) is 10.1 Å².